The van der Waals surface area contributed by atoms with Gasteiger partial charge < -0.3 is 10.1 Å². The number of aryl methyl sites for hydroxylation is 1. The highest BCUT2D eigenvalue weighted by Gasteiger charge is 2.14. The van der Waals surface area contributed by atoms with Crippen LogP contribution in [0.4, 0.5) is 5.69 Å². The van der Waals surface area contributed by atoms with Gasteiger partial charge in [0.05, 0.1) is 23.1 Å². The molecule has 2 aromatic heterocycles. The summed E-state index contributed by atoms with van der Waals surface area (Å²) >= 11 is 7.35. The van der Waals surface area contributed by atoms with E-state index in [9.17, 15) is 9.59 Å². The minimum absolute atomic E-state index is 0.0903. The van der Waals surface area contributed by atoms with E-state index in [2.05, 4.69) is 15.5 Å². The van der Waals surface area contributed by atoms with Gasteiger partial charge in [-0.1, -0.05) is 29.4 Å². The standard InChI is InChI=1S/C22H20ClN5O3S/c1-3-31-16-7-5-15(6-8-16)27-10-11-28-20(21(27)30)25-26-22(28)32-13-19(29)24-18-9-4-14(2)12-17(18)23/h4-12H,3,13H2,1-2H3,(H,24,29). The molecular formula is C22H20ClN5O3S. The number of amides is 1. The predicted molar refractivity (Wildman–Crippen MR) is 125 cm³/mol. The second kappa shape index (κ2) is 9.46. The van der Waals surface area contributed by atoms with Crippen LogP contribution in [0.3, 0.4) is 0 Å². The fraction of sp³-hybridized carbons (Fsp3) is 0.182. The number of nitrogens with zero attached hydrogens (tertiary/aromatic N) is 4. The third-order valence-electron chi connectivity index (χ3n) is 4.60. The molecule has 4 rings (SSSR count). The Balaban J connectivity index is 1.49. The SMILES string of the molecule is CCOc1ccc(-n2ccn3c(SCC(=O)Nc4ccc(C)cc4Cl)nnc3c2=O)cc1. The first kappa shape index (κ1) is 21.9. The number of ether oxygens (including phenoxy) is 1. The Labute approximate surface area is 193 Å². The zero-order chi connectivity index (χ0) is 22.7. The molecule has 0 fully saturated rings. The zero-order valence-corrected chi connectivity index (χ0v) is 19.0. The number of fused-ring (bicyclic) bond motifs is 1. The minimum atomic E-state index is -0.313. The molecule has 2 aromatic carbocycles. The second-order valence-electron chi connectivity index (χ2n) is 6.90. The maximum atomic E-state index is 12.9. The van der Waals surface area contributed by atoms with Crippen molar-refractivity contribution in [3.8, 4) is 11.4 Å². The Morgan fingerprint density at radius 1 is 1.16 bits per heavy atom. The number of hydrogen-bond acceptors (Lipinski definition) is 6. The van der Waals surface area contributed by atoms with E-state index in [0.29, 0.717) is 28.2 Å². The van der Waals surface area contributed by atoms with Gasteiger partial charge >= 0.3 is 5.56 Å². The summed E-state index contributed by atoms with van der Waals surface area (Å²) in [4.78, 5) is 25.2. The van der Waals surface area contributed by atoms with Gasteiger partial charge in [0.2, 0.25) is 11.6 Å². The summed E-state index contributed by atoms with van der Waals surface area (Å²) in [6.45, 7) is 4.41. The van der Waals surface area contributed by atoms with E-state index in [1.54, 1.807) is 53.2 Å². The number of thioether (sulfide) groups is 1. The van der Waals surface area contributed by atoms with Crippen molar-refractivity contribution >= 4 is 40.6 Å². The minimum Gasteiger partial charge on any atom is -0.494 e. The molecule has 1 amide bonds. The Morgan fingerprint density at radius 2 is 1.94 bits per heavy atom. The van der Waals surface area contributed by atoms with Crippen molar-refractivity contribution in [3.05, 3.63) is 75.8 Å². The number of halogens is 1. The number of benzene rings is 2. The lowest BCUT2D eigenvalue weighted by atomic mass is 10.2. The zero-order valence-electron chi connectivity index (χ0n) is 17.4. The maximum Gasteiger partial charge on any atom is 0.300 e. The van der Waals surface area contributed by atoms with Gasteiger partial charge in [0.15, 0.2) is 5.16 Å². The molecule has 1 N–H and O–H groups in total. The summed E-state index contributed by atoms with van der Waals surface area (Å²) in [5.74, 6) is 0.587. The number of hydrogen-bond donors (Lipinski definition) is 1. The van der Waals surface area contributed by atoms with Gasteiger partial charge in [-0.2, -0.15) is 0 Å². The van der Waals surface area contributed by atoms with Gasteiger partial charge in [-0.05, 0) is 55.8 Å². The van der Waals surface area contributed by atoms with Crippen LogP contribution in [0.1, 0.15) is 12.5 Å². The lowest BCUT2D eigenvalue weighted by Gasteiger charge is -2.08. The molecule has 0 unspecified atom stereocenters. The average Bonchev–Trinajstić information content (AvgIpc) is 3.19. The first-order valence-electron chi connectivity index (χ1n) is 9.84. The Bertz CT molecular complexity index is 1330. The molecule has 0 aliphatic carbocycles. The molecule has 0 saturated carbocycles. The molecule has 0 saturated heterocycles. The Hall–Kier alpha value is -3.30. The number of nitrogens with one attached hydrogen (secondary N) is 1. The highest BCUT2D eigenvalue weighted by atomic mass is 35.5. The van der Waals surface area contributed by atoms with Crippen LogP contribution < -0.4 is 15.6 Å². The molecule has 0 aliphatic rings. The van der Waals surface area contributed by atoms with Gasteiger partial charge in [-0.3, -0.25) is 18.6 Å². The van der Waals surface area contributed by atoms with Crippen LogP contribution in [0, 0.1) is 6.92 Å². The molecule has 0 aliphatic heterocycles. The maximum absolute atomic E-state index is 12.9. The van der Waals surface area contributed by atoms with E-state index in [-0.39, 0.29) is 22.9 Å². The first-order valence-corrected chi connectivity index (χ1v) is 11.2. The lowest BCUT2D eigenvalue weighted by Crippen LogP contribution is -2.20. The number of aromatic nitrogens is 4. The van der Waals surface area contributed by atoms with E-state index >= 15 is 0 Å². The summed E-state index contributed by atoms with van der Waals surface area (Å²) in [6.07, 6.45) is 3.34. The number of rotatable bonds is 7. The average molecular weight is 470 g/mol. The molecule has 8 nitrogen and oxygen atoms in total. The van der Waals surface area contributed by atoms with Crippen molar-refractivity contribution in [1.82, 2.24) is 19.2 Å². The number of carbonyl (C=O) groups is 1. The number of carbonyl (C=O) groups excluding carboxylic acids is 1. The molecule has 0 bridgehead atoms. The van der Waals surface area contributed by atoms with Crippen molar-refractivity contribution in [2.45, 2.75) is 19.0 Å². The first-order chi connectivity index (χ1) is 15.5. The Kier molecular flexibility index (Phi) is 6.48. The largest absolute Gasteiger partial charge is 0.494 e. The predicted octanol–water partition coefficient (Wildman–Crippen LogP) is 3.97. The van der Waals surface area contributed by atoms with Crippen LogP contribution >= 0.6 is 23.4 Å². The summed E-state index contributed by atoms with van der Waals surface area (Å²) in [5.41, 5.74) is 2.10. The van der Waals surface area contributed by atoms with Gasteiger partial charge in [0.25, 0.3) is 0 Å². The van der Waals surface area contributed by atoms with Gasteiger partial charge in [-0.25, -0.2) is 0 Å². The van der Waals surface area contributed by atoms with E-state index in [1.165, 1.54) is 16.3 Å². The van der Waals surface area contributed by atoms with E-state index in [4.69, 9.17) is 16.3 Å². The summed E-state index contributed by atoms with van der Waals surface area (Å²) in [6, 6.07) is 12.6. The third kappa shape index (κ3) is 4.63. The highest BCUT2D eigenvalue weighted by molar-refractivity contribution is 7.99. The van der Waals surface area contributed by atoms with Gasteiger partial charge in [0, 0.05) is 18.1 Å². The van der Waals surface area contributed by atoms with Crippen molar-refractivity contribution in [3.63, 3.8) is 0 Å². The van der Waals surface area contributed by atoms with Crippen LogP contribution in [0.2, 0.25) is 5.02 Å². The van der Waals surface area contributed by atoms with E-state index in [0.717, 1.165) is 11.3 Å². The van der Waals surface area contributed by atoms with Crippen LogP contribution in [0.5, 0.6) is 5.75 Å². The lowest BCUT2D eigenvalue weighted by molar-refractivity contribution is -0.113. The molecule has 164 valence electrons. The Morgan fingerprint density at radius 3 is 2.66 bits per heavy atom. The monoisotopic (exact) mass is 469 g/mol. The molecule has 10 heteroatoms. The highest BCUT2D eigenvalue weighted by Crippen LogP contribution is 2.23. The third-order valence-corrected chi connectivity index (χ3v) is 5.85. The van der Waals surface area contributed by atoms with Crippen molar-refractivity contribution in [2.75, 3.05) is 17.7 Å². The molecule has 32 heavy (non-hydrogen) atoms. The van der Waals surface area contributed by atoms with Crippen LogP contribution in [-0.2, 0) is 4.79 Å². The van der Waals surface area contributed by atoms with Crippen LogP contribution in [0.15, 0.2) is 64.8 Å². The quantitative estimate of drug-likeness (QED) is 0.412. The fourth-order valence-corrected chi connectivity index (χ4v) is 4.07. The van der Waals surface area contributed by atoms with Crippen molar-refractivity contribution in [2.24, 2.45) is 0 Å². The second-order valence-corrected chi connectivity index (χ2v) is 8.25. The topological polar surface area (TPSA) is 90.5 Å². The van der Waals surface area contributed by atoms with Crippen LogP contribution in [0.25, 0.3) is 11.3 Å². The molecule has 0 atom stereocenters. The van der Waals surface area contributed by atoms with Crippen molar-refractivity contribution in [1.29, 1.82) is 0 Å². The molecule has 2 heterocycles. The van der Waals surface area contributed by atoms with Crippen LogP contribution in [-0.4, -0.2) is 37.4 Å². The molecular weight excluding hydrogens is 450 g/mol. The smallest absolute Gasteiger partial charge is 0.300 e. The normalized spacial score (nSPS) is 11.0. The molecule has 0 spiro atoms. The van der Waals surface area contributed by atoms with Gasteiger partial charge in [-0.15, -0.1) is 10.2 Å². The fourth-order valence-electron chi connectivity index (χ4n) is 3.08. The van der Waals surface area contributed by atoms with E-state index in [1.807, 2.05) is 19.9 Å². The number of anilines is 1. The summed E-state index contributed by atoms with van der Waals surface area (Å²) < 4.78 is 8.50. The van der Waals surface area contributed by atoms with E-state index < -0.39 is 0 Å². The van der Waals surface area contributed by atoms with Gasteiger partial charge in [0.1, 0.15) is 5.75 Å². The molecule has 0 radical (unpaired) electrons. The molecule has 4 aromatic rings. The summed E-state index contributed by atoms with van der Waals surface area (Å²) in [7, 11) is 0. The summed E-state index contributed by atoms with van der Waals surface area (Å²) in [5, 5.41) is 11.8. The van der Waals surface area contributed by atoms with Crippen molar-refractivity contribution < 1.29 is 9.53 Å².